The van der Waals surface area contributed by atoms with Crippen LogP contribution < -0.4 is 0 Å². The van der Waals surface area contributed by atoms with E-state index in [2.05, 4.69) is 20.4 Å². The molecule has 0 saturated carbocycles. The molecule has 1 N–H and O–H groups in total. The monoisotopic (exact) mass is 282 g/mol. The third-order valence-electron chi connectivity index (χ3n) is 4.69. The summed E-state index contributed by atoms with van der Waals surface area (Å²) >= 11 is 0. The van der Waals surface area contributed by atoms with Gasteiger partial charge in [-0.2, -0.15) is 0 Å². The second-order valence-corrected chi connectivity index (χ2v) is 7.04. The van der Waals surface area contributed by atoms with Gasteiger partial charge in [0.1, 0.15) is 0 Å². The molecule has 0 aromatic rings. The zero-order valence-corrected chi connectivity index (χ0v) is 13.8. The number of aliphatic hydroxyl groups is 1. The molecule has 3 unspecified atom stereocenters. The van der Waals surface area contributed by atoms with E-state index in [9.17, 15) is 5.11 Å². The van der Waals surface area contributed by atoms with Crippen molar-refractivity contribution < 1.29 is 9.84 Å². The van der Waals surface area contributed by atoms with E-state index < -0.39 is 0 Å². The fourth-order valence-corrected chi connectivity index (χ4v) is 3.03. The molecule has 1 heterocycles. The van der Waals surface area contributed by atoms with Crippen LogP contribution in [0.1, 0.15) is 78.6 Å². The largest absolute Gasteiger partial charge is 0.393 e. The quantitative estimate of drug-likeness (QED) is 0.644. The Morgan fingerprint density at radius 1 is 1.30 bits per heavy atom. The van der Waals surface area contributed by atoms with Crippen molar-refractivity contribution >= 4 is 0 Å². The Balaban J connectivity index is 2.22. The van der Waals surface area contributed by atoms with Crippen LogP contribution >= 0.6 is 0 Å². The predicted octanol–water partition coefficient (Wildman–Crippen LogP) is 4.86. The molecule has 0 amide bonds. The van der Waals surface area contributed by atoms with Gasteiger partial charge in [-0.25, -0.2) is 0 Å². The number of ether oxygens (including phenoxy) is 1. The average molecular weight is 282 g/mol. The van der Waals surface area contributed by atoms with Gasteiger partial charge in [-0.1, -0.05) is 31.8 Å². The van der Waals surface area contributed by atoms with Crippen molar-refractivity contribution in [3.05, 3.63) is 12.2 Å². The lowest BCUT2D eigenvalue weighted by molar-refractivity contribution is -0.0371. The van der Waals surface area contributed by atoms with Gasteiger partial charge in [-0.05, 0) is 58.3 Å². The number of allylic oxidation sites excluding steroid dienone is 1. The van der Waals surface area contributed by atoms with Crippen molar-refractivity contribution in [2.75, 3.05) is 6.61 Å². The van der Waals surface area contributed by atoms with E-state index >= 15 is 0 Å². The fourth-order valence-electron chi connectivity index (χ4n) is 3.03. The van der Waals surface area contributed by atoms with Crippen LogP contribution in [0.15, 0.2) is 12.2 Å². The molecule has 118 valence electrons. The zero-order chi connectivity index (χ0) is 15.0. The molecule has 2 nitrogen and oxygen atoms in total. The number of hydrogen-bond donors (Lipinski definition) is 1. The van der Waals surface area contributed by atoms with Crippen LogP contribution in [0.3, 0.4) is 0 Å². The maximum Gasteiger partial charge on any atom is 0.0654 e. The number of rotatable bonds is 8. The maximum absolute atomic E-state index is 10.1. The molecule has 1 fully saturated rings. The minimum Gasteiger partial charge on any atom is -0.393 e. The molecule has 1 rings (SSSR count). The van der Waals surface area contributed by atoms with Crippen molar-refractivity contribution in [1.82, 2.24) is 0 Å². The molecular weight excluding hydrogens is 248 g/mol. The van der Waals surface area contributed by atoms with Crippen molar-refractivity contribution in [2.45, 2.75) is 90.3 Å². The first-order valence-electron chi connectivity index (χ1n) is 8.39. The summed E-state index contributed by atoms with van der Waals surface area (Å²) in [6.07, 6.45) is 10.00. The Bertz CT molecular complexity index is 277. The standard InChI is InChI=1S/C18H34O2/c1-15(2)10-11-17(19)16(3)9-8-13-18(4)12-6-5-7-14-20-18/h16-17,19H,1,5-14H2,2-4H3. The Labute approximate surface area is 125 Å². The maximum atomic E-state index is 10.1. The smallest absolute Gasteiger partial charge is 0.0654 e. The third kappa shape index (κ3) is 6.90. The van der Waals surface area contributed by atoms with Gasteiger partial charge in [0.15, 0.2) is 0 Å². The van der Waals surface area contributed by atoms with Crippen LogP contribution in [0.25, 0.3) is 0 Å². The first kappa shape index (κ1) is 17.7. The minimum absolute atomic E-state index is 0.0822. The summed E-state index contributed by atoms with van der Waals surface area (Å²) in [7, 11) is 0. The Kier molecular flexibility index (Phi) is 7.83. The SMILES string of the molecule is C=C(C)CCC(O)C(C)CCCC1(C)CCCCCO1. The van der Waals surface area contributed by atoms with Crippen LogP contribution in [0, 0.1) is 5.92 Å². The van der Waals surface area contributed by atoms with Gasteiger partial charge >= 0.3 is 0 Å². The van der Waals surface area contributed by atoms with E-state index in [0.29, 0.717) is 5.92 Å². The van der Waals surface area contributed by atoms with Gasteiger partial charge in [0.2, 0.25) is 0 Å². The minimum atomic E-state index is -0.186. The van der Waals surface area contributed by atoms with E-state index in [1.807, 2.05) is 6.92 Å². The van der Waals surface area contributed by atoms with E-state index in [-0.39, 0.29) is 11.7 Å². The van der Waals surface area contributed by atoms with Crippen LogP contribution in [-0.2, 0) is 4.74 Å². The van der Waals surface area contributed by atoms with Crippen molar-refractivity contribution in [3.63, 3.8) is 0 Å². The highest BCUT2D eigenvalue weighted by atomic mass is 16.5. The van der Waals surface area contributed by atoms with Crippen molar-refractivity contribution in [2.24, 2.45) is 5.92 Å². The second kappa shape index (κ2) is 8.84. The molecule has 0 spiro atoms. The van der Waals surface area contributed by atoms with E-state index in [4.69, 9.17) is 4.74 Å². The predicted molar refractivity (Wildman–Crippen MR) is 85.9 cm³/mol. The molecule has 2 heteroatoms. The van der Waals surface area contributed by atoms with Crippen LogP contribution in [-0.4, -0.2) is 23.4 Å². The van der Waals surface area contributed by atoms with Gasteiger partial charge in [0.25, 0.3) is 0 Å². The highest BCUT2D eigenvalue weighted by Crippen LogP contribution is 2.30. The Morgan fingerprint density at radius 3 is 2.75 bits per heavy atom. The lowest BCUT2D eigenvalue weighted by Crippen LogP contribution is -2.28. The molecule has 0 aromatic carbocycles. The van der Waals surface area contributed by atoms with Gasteiger partial charge in [-0.15, -0.1) is 6.58 Å². The van der Waals surface area contributed by atoms with Crippen molar-refractivity contribution in [1.29, 1.82) is 0 Å². The first-order valence-corrected chi connectivity index (χ1v) is 8.39. The summed E-state index contributed by atoms with van der Waals surface area (Å²) < 4.78 is 6.04. The third-order valence-corrected chi connectivity index (χ3v) is 4.69. The summed E-state index contributed by atoms with van der Waals surface area (Å²) in [4.78, 5) is 0. The number of hydrogen-bond acceptors (Lipinski definition) is 2. The molecule has 0 aliphatic carbocycles. The molecular formula is C18H34O2. The van der Waals surface area contributed by atoms with Crippen molar-refractivity contribution in [3.8, 4) is 0 Å². The van der Waals surface area contributed by atoms with Gasteiger partial charge in [0.05, 0.1) is 11.7 Å². The summed E-state index contributed by atoms with van der Waals surface area (Å²) in [6, 6.07) is 0. The average Bonchev–Trinajstić information content (AvgIpc) is 2.61. The Morgan fingerprint density at radius 2 is 2.05 bits per heavy atom. The molecule has 0 bridgehead atoms. The highest BCUT2D eigenvalue weighted by molar-refractivity contribution is 4.88. The first-order chi connectivity index (χ1) is 9.43. The van der Waals surface area contributed by atoms with E-state index in [1.54, 1.807) is 0 Å². The van der Waals surface area contributed by atoms with Gasteiger partial charge in [0, 0.05) is 6.61 Å². The molecule has 1 saturated heterocycles. The van der Waals surface area contributed by atoms with Gasteiger partial charge in [-0.3, -0.25) is 0 Å². The zero-order valence-electron chi connectivity index (χ0n) is 13.8. The van der Waals surface area contributed by atoms with E-state index in [0.717, 1.165) is 44.3 Å². The molecule has 3 atom stereocenters. The lowest BCUT2D eigenvalue weighted by Gasteiger charge is -2.29. The molecule has 0 aromatic heterocycles. The molecule has 20 heavy (non-hydrogen) atoms. The summed E-state index contributed by atoms with van der Waals surface area (Å²) in [5.74, 6) is 0.378. The van der Waals surface area contributed by atoms with Crippen LogP contribution in [0.4, 0.5) is 0 Å². The fraction of sp³-hybridized carbons (Fsp3) is 0.889. The van der Waals surface area contributed by atoms with Crippen LogP contribution in [0.5, 0.6) is 0 Å². The second-order valence-electron chi connectivity index (χ2n) is 7.04. The summed E-state index contributed by atoms with van der Waals surface area (Å²) in [6.45, 7) is 11.3. The normalized spacial score (nSPS) is 26.8. The molecule has 0 radical (unpaired) electrons. The molecule has 1 aliphatic rings. The number of aliphatic hydroxyl groups excluding tert-OH is 1. The Hall–Kier alpha value is -0.340. The highest BCUT2D eigenvalue weighted by Gasteiger charge is 2.26. The molecule has 1 aliphatic heterocycles. The topological polar surface area (TPSA) is 29.5 Å². The summed E-state index contributed by atoms with van der Waals surface area (Å²) in [5, 5.41) is 10.1. The van der Waals surface area contributed by atoms with E-state index in [1.165, 1.54) is 25.7 Å². The van der Waals surface area contributed by atoms with Gasteiger partial charge < -0.3 is 9.84 Å². The summed E-state index contributed by atoms with van der Waals surface area (Å²) in [5.41, 5.74) is 1.24. The van der Waals surface area contributed by atoms with Crippen LogP contribution in [0.2, 0.25) is 0 Å². The lowest BCUT2D eigenvalue weighted by atomic mass is 9.88.